The second-order valence-electron chi connectivity index (χ2n) is 11.3. The van der Waals surface area contributed by atoms with Crippen LogP contribution in [0.1, 0.15) is 0 Å². The Kier molecular flexibility index (Phi) is 7.18. The minimum Gasteiger partial charge on any atom is -0.263 e. The summed E-state index contributed by atoms with van der Waals surface area (Å²) < 4.78 is 0. The second-order valence-corrected chi connectivity index (χ2v) is 11.3. The molecule has 0 aliphatic carbocycles. The molecule has 0 atom stereocenters. The molecular formula is C43H29N3. The number of benzene rings is 6. The maximum atomic E-state index is 5.04. The van der Waals surface area contributed by atoms with Gasteiger partial charge in [0.15, 0.2) is 5.82 Å². The van der Waals surface area contributed by atoms with Crippen molar-refractivity contribution in [2.24, 2.45) is 0 Å². The van der Waals surface area contributed by atoms with E-state index in [9.17, 15) is 0 Å². The molecule has 3 heteroatoms. The van der Waals surface area contributed by atoms with Gasteiger partial charge in [0.2, 0.25) is 0 Å². The topological polar surface area (TPSA) is 38.7 Å². The van der Waals surface area contributed by atoms with Gasteiger partial charge in [0, 0.05) is 40.0 Å². The molecule has 0 aliphatic rings. The monoisotopic (exact) mass is 587 g/mol. The molecule has 2 heterocycles. The molecule has 0 amide bonds. The van der Waals surface area contributed by atoms with E-state index in [0.29, 0.717) is 5.82 Å². The van der Waals surface area contributed by atoms with Crippen LogP contribution in [0.15, 0.2) is 176 Å². The lowest BCUT2D eigenvalue weighted by atomic mass is 9.97. The van der Waals surface area contributed by atoms with E-state index >= 15 is 0 Å². The number of nitrogens with zero attached hydrogens (tertiary/aromatic N) is 3. The summed E-state index contributed by atoms with van der Waals surface area (Å²) in [6, 6.07) is 57.0. The van der Waals surface area contributed by atoms with Crippen LogP contribution in [0.3, 0.4) is 0 Å². The van der Waals surface area contributed by atoms with Gasteiger partial charge < -0.3 is 0 Å². The van der Waals surface area contributed by atoms with Gasteiger partial charge >= 0.3 is 0 Å². The summed E-state index contributed by atoms with van der Waals surface area (Å²) in [4.78, 5) is 14.5. The first-order chi connectivity index (χ1) is 22.8. The molecule has 8 aromatic rings. The Morgan fingerprint density at radius 3 is 1.57 bits per heavy atom. The molecule has 0 spiro atoms. The standard InChI is InChI=1S/C43H29N3/c1-3-10-30(11-4-1)36-15-9-16-37(26-36)42-27-41(45-43(46-42)35-12-5-2-6-13-35)34-24-20-32(21-25-34)31-18-22-33(23-19-31)40-29-44-28-38-14-7-8-17-39(38)40/h1-29H. The minimum atomic E-state index is 0.709. The van der Waals surface area contributed by atoms with E-state index in [-0.39, 0.29) is 0 Å². The minimum absolute atomic E-state index is 0.709. The third-order valence-corrected chi connectivity index (χ3v) is 8.40. The Labute approximate surface area is 268 Å². The number of aromatic nitrogens is 3. The number of hydrogen-bond acceptors (Lipinski definition) is 3. The summed E-state index contributed by atoms with van der Waals surface area (Å²) in [6.07, 6.45) is 3.86. The molecule has 2 aromatic heterocycles. The predicted octanol–water partition coefficient (Wildman–Crippen LogP) is 11.0. The molecule has 0 radical (unpaired) electrons. The molecule has 0 aliphatic heterocycles. The first-order valence-electron chi connectivity index (χ1n) is 15.4. The SMILES string of the molecule is c1ccc(-c2cccc(-c3cc(-c4ccc(-c5ccc(-c6cncc7ccccc67)cc5)cc4)nc(-c4ccccc4)n3)c2)cc1. The van der Waals surface area contributed by atoms with Gasteiger partial charge in [0.1, 0.15) is 0 Å². The van der Waals surface area contributed by atoms with Crippen molar-refractivity contribution in [3.8, 4) is 67.3 Å². The zero-order chi connectivity index (χ0) is 30.7. The Balaban J connectivity index is 1.14. The van der Waals surface area contributed by atoms with Gasteiger partial charge in [0.05, 0.1) is 11.4 Å². The van der Waals surface area contributed by atoms with E-state index in [1.54, 1.807) is 0 Å². The van der Waals surface area contributed by atoms with Gasteiger partial charge in [-0.2, -0.15) is 0 Å². The van der Waals surface area contributed by atoms with Gasteiger partial charge in [0.25, 0.3) is 0 Å². The van der Waals surface area contributed by atoms with Crippen molar-refractivity contribution in [2.45, 2.75) is 0 Å². The second kappa shape index (κ2) is 12.1. The lowest BCUT2D eigenvalue weighted by molar-refractivity contribution is 1.18. The number of pyridine rings is 1. The average Bonchev–Trinajstić information content (AvgIpc) is 3.15. The maximum Gasteiger partial charge on any atom is 0.160 e. The summed E-state index contributed by atoms with van der Waals surface area (Å²) in [5, 5.41) is 2.35. The fourth-order valence-electron chi connectivity index (χ4n) is 5.97. The lowest BCUT2D eigenvalue weighted by Crippen LogP contribution is -1.96. The van der Waals surface area contributed by atoms with Crippen LogP contribution in [0.2, 0.25) is 0 Å². The van der Waals surface area contributed by atoms with Crippen LogP contribution in [0.25, 0.3) is 78.1 Å². The highest BCUT2D eigenvalue weighted by Gasteiger charge is 2.12. The summed E-state index contributed by atoms with van der Waals surface area (Å²) in [6.45, 7) is 0. The van der Waals surface area contributed by atoms with Crippen LogP contribution in [-0.4, -0.2) is 15.0 Å². The maximum absolute atomic E-state index is 5.04. The molecule has 0 fully saturated rings. The van der Waals surface area contributed by atoms with Gasteiger partial charge in [-0.25, -0.2) is 9.97 Å². The number of rotatable bonds is 6. The van der Waals surface area contributed by atoms with Crippen LogP contribution in [0.4, 0.5) is 0 Å². The normalized spacial score (nSPS) is 11.0. The Morgan fingerprint density at radius 1 is 0.326 bits per heavy atom. The molecule has 3 nitrogen and oxygen atoms in total. The Bertz CT molecular complexity index is 2270. The molecular weight excluding hydrogens is 558 g/mol. The molecule has 0 saturated heterocycles. The van der Waals surface area contributed by atoms with Crippen molar-refractivity contribution in [1.82, 2.24) is 15.0 Å². The summed E-state index contributed by atoms with van der Waals surface area (Å²) >= 11 is 0. The largest absolute Gasteiger partial charge is 0.263 e. The molecule has 0 unspecified atom stereocenters. The van der Waals surface area contributed by atoms with Gasteiger partial charge in [-0.05, 0) is 45.3 Å². The predicted molar refractivity (Wildman–Crippen MR) is 190 cm³/mol. The van der Waals surface area contributed by atoms with Gasteiger partial charge in [-0.3, -0.25) is 4.98 Å². The first kappa shape index (κ1) is 27.4. The van der Waals surface area contributed by atoms with E-state index < -0.39 is 0 Å². The molecule has 46 heavy (non-hydrogen) atoms. The molecule has 0 saturated carbocycles. The number of fused-ring (bicyclic) bond motifs is 1. The van der Waals surface area contributed by atoms with Crippen molar-refractivity contribution in [3.63, 3.8) is 0 Å². The van der Waals surface area contributed by atoms with E-state index in [1.165, 1.54) is 10.9 Å². The number of hydrogen-bond donors (Lipinski definition) is 0. The lowest BCUT2D eigenvalue weighted by Gasteiger charge is -2.11. The van der Waals surface area contributed by atoms with E-state index in [1.807, 2.05) is 36.7 Å². The van der Waals surface area contributed by atoms with Crippen LogP contribution in [0.5, 0.6) is 0 Å². The van der Waals surface area contributed by atoms with Crippen LogP contribution >= 0.6 is 0 Å². The third kappa shape index (κ3) is 5.47. The summed E-state index contributed by atoms with van der Waals surface area (Å²) in [5.74, 6) is 0.709. The van der Waals surface area contributed by atoms with Crippen molar-refractivity contribution in [1.29, 1.82) is 0 Å². The zero-order valence-corrected chi connectivity index (χ0v) is 25.1. The van der Waals surface area contributed by atoms with Crippen molar-refractivity contribution in [3.05, 3.63) is 176 Å². The van der Waals surface area contributed by atoms with Crippen LogP contribution in [0, 0.1) is 0 Å². The molecule has 6 aromatic carbocycles. The van der Waals surface area contributed by atoms with Crippen LogP contribution < -0.4 is 0 Å². The highest BCUT2D eigenvalue weighted by molar-refractivity contribution is 5.96. The fourth-order valence-corrected chi connectivity index (χ4v) is 5.97. The summed E-state index contributed by atoms with van der Waals surface area (Å²) in [7, 11) is 0. The smallest absolute Gasteiger partial charge is 0.160 e. The van der Waals surface area contributed by atoms with E-state index in [4.69, 9.17) is 9.97 Å². The fraction of sp³-hybridized carbons (Fsp3) is 0. The third-order valence-electron chi connectivity index (χ3n) is 8.40. The Hall–Kier alpha value is -6.19. The zero-order valence-electron chi connectivity index (χ0n) is 25.1. The Morgan fingerprint density at radius 2 is 0.848 bits per heavy atom. The molecule has 216 valence electrons. The average molecular weight is 588 g/mol. The quantitative estimate of drug-likeness (QED) is 0.194. The molecule has 0 bridgehead atoms. The highest BCUT2D eigenvalue weighted by Crippen LogP contribution is 2.33. The van der Waals surface area contributed by atoms with Crippen LogP contribution in [-0.2, 0) is 0 Å². The first-order valence-corrected chi connectivity index (χ1v) is 15.4. The molecule has 8 rings (SSSR count). The van der Waals surface area contributed by atoms with Gasteiger partial charge in [-0.15, -0.1) is 0 Å². The highest BCUT2D eigenvalue weighted by atomic mass is 14.9. The molecule has 0 N–H and O–H groups in total. The van der Waals surface area contributed by atoms with Crippen molar-refractivity contribution < 1.29 is 0 Å². The van der Waals surface area contributed by atoms with E-state index in [2.05, 4.69) is 145 Å². The van der Waals surface area contributed by atoms with Crippen molar-refractivity contribution in [2.75, 3.05) is 0 Å². The van der Waals surface area contributed by atoms with Crippen molar-refractivity contribution >= 4 is 10.8 Å². The van der Waals surface area contributed by atoms with E-state index in [0.717, 1.165) is 61.3 Å². The summed E-state index contributed by atoms with van der Waals surface area (Å²) in [5.41, 5.74) is 11.8. The van der Waals surface area contributed by atoms with Gasteiger partial charge in [-0.1, -0.05) is 152 Å².